The number of ether oxygens (including phenoxy) is 1. The molecule has 1 heterocycles. The third-order valence-corrected chi connectivity index (χ3v) is 3.75. The van der Waals surface area contributed by atoms with Crippen LogP contribution in [-0.2, 0) is 9.53 Å². The van der Waals surface area contributed by atoms with E-state index in [-0.39, 0.29) is 11.7 Å². The number of nitro groups is 1. The van der Waals surface area contributed by atoms with E-state index < -0.39 is 29.3 Å². The Labute approximate surface area is 160 Å². The molecule has 28 heavy (non-hydrogen) atoms. The second kappa shape index (κ2) is 9.31. The average Bonchev–Trinajstić information content (AvgIpc) is 3.18. The molecule has 0 spiro atoms. The van der Waals surface area contributed by atoms with Gasteiger partial charge in [-0.15, -0.1) is 0 Å². The largest absolute Gasteiger partial charge is 0.450 e. The van der Waals surface area contributed by atoms with E-state index in [9.17, 15) is 24.5 Å². The maximum absolute atomic E-state index is 12.4. The summed E-state index contributed by atoms with van der Waals surface area (Å²) in [4.78, 5) is 47.5. The molecular formula is C18H19N3O7. The van der Waals surface area contributed by atoms with Crippen molar-refractivity contribution in [2.24, 2.45) is 0 Å². The Bertz CT molecular complexity index is 887. The predicted molar refractivity (Wildman–Crippen MR) is 98.0 cm³/mol. The number of benzene rings is 1. The van der Waals surface area contributed by atoms with Crippen LogP contribution in [0.25, 0.3) is 0 Å². The van der Waals surface area contributed by atoms with Gasteiger partial charge in [0.2, 0.25) is 5.76 Å². The Kier molecular flexibility index (Phi) is 6.85. The monoisotopic (exact) mass is 389 g/mol. The smallest absolute Gasteiger partial charge is 0.433 e. The second-order valence-corrected chi connectivity index (χ2v) is 5.58. The van der Waals surface area contributed by atoms with E-state index >= 15 is 0 Å². The molecule has 1 N–H and O–H groups in total. The number of rotatable bonds is 8. The normalized spacial score (nSPS) is 10.2. The molecule has 1 aromatic carbocycles. The van der Waals surface area contributed by atoms with Crippen LogP contribution in [-0.4, -0.2) is 47.3 Å². The molecule has 10 nitrogen and oxygen atoms in total. The highest BCUT2D eigenvalue weighted by atomic mass is 16.7. The highest BCUT2D eigenvalue weighted by Gasteiger charge is 2.19. The van der Waals surface area contributed by atoms with Crippen molar-refractivity contribution in [3.05, 3.63) is 57.8 Å². The van der Waals surface area contributed by atoms with Gasteiger partial charge in [-0.2, -0.15) is 0 Å². The molecule has 2 rings (SSSR count). The fourth-order valence-corrected chi connectivity index (χ4v) is 2.36. The van der Waals surface area contributed by atoms with Crippen LogP contribution in [0.3, 0.4) is 0 Å². The molecule has 0 atom stereocenters. The highest BCUT2D eigenvalue weighted by Crippen LogP contribution is 2.16. The third kappa shape index (κ3) is 5.16. The highest BCUT2D eigenvalue weighted by molar-refractivity contribution is 5.98. The number of amides is 2. The summed E-state index contributed by atoms with van der Waals surface area (Å²) >= 11 is 0. The first-order valence-electron chi connectivity index (χ1n) is 8.46. The van der Waals surface area contributed by atoms with Crippen molar-refractivity contribution in [3.8, 4) is 0 Å². The molecule has 0 aliphatic heterocycles. The molecule has 0 aliphatic carbocycles. The number of furan rings is 1. The summed E-state index contributed by atoms with van der Waals surface area (Å²) in [5.74, 6) is -2.79. The Morgan fingerprint density at radius 2 is 1.89 bits per heavy atom. The van der Waals surface area contributed by atoms with Crippen LogP contribution >= 0.6 is 0 Å². The molecule has 148 valence electrons. The molecule has 10 heteroatoms. The van der Waals surface area contributed by atoms with Gasteiger partial charge in [0.25, 0.3) is 11.8 Å². The quantitative estimate of drug-likeness (QED) is 0.416. The maximum atomic E-state index is 12.4. The Hall–Kier alpha value is -3.69. The SMILES string of the molecule is CCN(CC)C(=O)c1cccc(NC(=O)COC(=O)c2ccc([N+](=O)[O-])o2)c1. The summed E-state index contributed by atoms with van der Waals surface area (Å²) in [5.41, 5.74) is 0.786. The maximum Gasteiger partial charge on any atom is 0.433 e. The molecule has 0 saturated heterocycles. The first-order valence-corrected chi connectivity index (χ1v) is 8.46. The average molecular weight is 389 g/mol. The zero-order valence-corrected chi connectivity index (χ0v) is 15.3. The van der Waals surface area contributed by atoms with Gasteiger partial charge in [0.15, 0.2) is 6.61 Å². The van der Waals surface area contributed by atoms with Gasteiger partial charge in [-0.1, -0.05) is 6.07 Å². The van der Waals surface area contributed by atoms with Crippen molar-refractivity contribution in [3.63, 3.8) is 0 Å². The fraction of sp³-hybridized carbons (Fsp3) is 0.278. The number of hydrogen-bond acceptors (Lipinski definition) is 7. The molecule has 0 bridgehead atoms. The van der Waals surface area contributed by atoms with Crippen LogP contribution in [0.1, 0.15) is 34.8 Å². The number of nitrogens with one attached hydrogen (secondary N) is 1. The summed E-state index contributed by atoms with van der Waals surface area (Å²) in [6, 6.07) is 8.47. The van der Waals surface area contributed by atoms with Gasteiger partial charge in [0, 0.05) is 24.3 Å². The number of nitrogens with zero attached hydrogens (tertiary/aromatic N) is 2. The summed E-state index contributed by atoms with van der Waals surface area (Å²) in [6.45, 7) is 4.24. The van der Waals surface area contributed by atoms with Gasteiger partial charge in [-0.25, -0.2) is 4.79 Å². The summed E-state index contributed by atoms with van der Waals surface area (Å²) < 4.78 is 9.46. The van der Waals surface area contributed by atoms with Gasteiger partial charge in [-0.05, 0) is 38.1 Å². The van der Waals surface area contributed by atoms with Crippen LogP contribution in [0.5, 0.6) is 0 Å². The number of carbonyl (C=O) groups is 3. The topological polar surface area (TPSA) is 132 Å². The Morgan fingerprint density at radius 1 is 1.18 bits per heavy atom. The van der Waals surface area contributed by atoms with Crippen LogP contribution in [0.15, 0.2) is 40.8 Å². The molecule has 2 aromatic rings. The van der Waals surface area contributed by atoms with Crippen molar-refractivity contribution in [2.75, 3.05) is 25.0 Å². The Morgan fingerprint density at radius 3 is 2.50 bits per heavy atom. The second-order valence-electron chi connectivity index (χ2n) is 5.58. The van der Waals surface area contributed by atoms with E-state index in [0.717, 1.165) is 12.1 Å². The van der Waals surface area contributed by atoms with Crippen molar-refractivity contribution >= 4 is 29.4 Å². The van der Waals surface area contributed by atoms with E-state index in [1.165, 1.54) is 6.07 Å². The van der Waals surface area contributed by atoms with Gasteiger partial charge in [0.1, 0.15) is 4.92 Å². The van der Waals surface area contributed by atoms with Crippen molar-refractivity contribution in [2.45, 2.75) is 13.8 Å². The standard InChI is InChI=1S/C18H19N3O7/c1-3-20(4-2)17(23)12-6-5-7-13(10-12)19-15(22)11-27-18(24)14-8-9-16(28-14)21(25)26/h5-10H,3-4,11H2,1-2H3,(H,19,22). The minimum Gasteiger partial charge on any atom is -0.450 e. The zero-order valence-electron chi connectivity index (χ0n) is 15.3. The number of esters is 1. The van der Waals surface area contributed by atoms with Crippen LogP contribution in [0.4, 0.5) is 11.6 Å². The summed E-state index contributed by atoms with van der Waals surface area (Å²) in [5, 5.41) is 13.0. The van der Waals surface area contributed by atoms with Crippen LogP contribution in [0, 0.1) is 10.1 Å². The molecule has 0 aliphatic rings. The van der Waals surface area contributed by atoms with Gasteiger partial charge in [0.05, 0.1) is 6.07 Å². The zero-order chi connectivity index (χ0) is 20.7. The van der Waals surface area contributed by atoms with E-state index in [1.807, 2.05) is 13.8 Å². The van der Waals surface area contributed by atoms with E-state index in [1.54, 1.807) is 23.1 Å². The van der Waals surface area contributed by atoms with E-state index in [2.05, 4.69) is 5.32 Å². The first-order chi connectivity index (χ1) is 13.3. The minimum absolute atomic E-state index is 0.160. The fourth-order valence-electron chi connectivity index (χ4n) is 2.36. The lowest BCUT2D eigenvalue weighted by Gasteiger charge is -2.19. The number of anilines is 1. The van der Waals surface area contributed by atoms with Crippen molar-refractivity contribution in [1.82, 2.24) is 4.90 Å². The molecule has 0 saturated carbocycles. The molecule has 2 amide bonds. The first kappa shape index (κ1) is 20.6. The summed E-state index contributed by atoms with van der Waals surface area (Å²) in [7, 11) is 0. The molecular weight excluding hydrogens is 370 g/mol. The minimum atomic E-state index is -1.01. The molecule has 0 unspecified atom stereocenters. The van der Waals surface area contributed by atoms with Crippen LogP contribution in [0.2, 0.25) is 0 Å². The third-order valence-electron chi connectivity index (χ3n) is 3.75. The number of carbonyl (C=O) groups excluding carboxylic acids is 3. The lowest BCUT2D eigenvalue weighted by Crippen LogP contribution is -2.30. The molecule has 1 aromatic heterocycles. The van der Waals surface area contributed by atoms with Gasteiger partial charge in [-0.3, -0.25) is 19.7 Å². The van der Waals surface area contributed by atoms with E-state index in [4.69, 9.17) is 9.15 Å². The Balaban J connectivity index is 1.94. The van der Waals surface area contributed by atoms with Gasteiger partial charge >= 0.3 is 11.9 Å². The van der Waals surface area contributed by atoms with E-state index in [0.29, 0.717) is 24.3 Å². The lowest BCUT2D eigenvalue weighted by atomic mass is 10.1. The summed E-state index contributed by atoms with van der Waals surface area (Å²) in [6.07, 6.45) is 0. The molecule has 0 radical (unpaired) electrons. The van der Waals surface area contributed by atoms with Gasteiger partial charge < -0.3 is 19.4 Å². The molecule has 0 fully saturated rings. The lowest BCUT2D eigenvalue weighted by molar-refractivity contribution is -0.402. The van der Waals surface area contributed by atoms with Crippen molar-refractivity contribution < 1.29 is 28.5 Å². The van der Waals surface area contributed by atoms with Crippen LogP contribution < -0.4 is 5.32 Å². The van der Waals surface area contributed by atoms with Crippen molar-refractivity contribution in [1.29, 1.82) is 0 Å². The predicted octanol–water partition coefficient (Wildman–Crippen LogP) is 2.47. The number of hydrogen-bond donors (Lipinski definition) is 1.